The van der Waals surface area contributed by atoms with Gasteiger partial charge in [-0.2, -0.15) is 0 Å². The molecular weight excluding hydrogens is 396 g/mol. The molecule has 3 aromatic rings. The van der Waals surface area contributed by atoms with Crippen LogP contribution in [0, 0.1) is 0 Å². The maximum Gasteiger partial charge on any atom is 0.350 e. The molecule has 0 spiro atoms. The summed E-state index contributed by atoms with van der Waals surface area (Å²) in [7, 11) is 0. The van der Waals surface area contributed by atoms with Crippen molar-refractivity contribution < 1.29 is 14.3 Å². The maximum atomic E-state index is 12.4. The molecule has 0 aliphatic carbocycles. The molecule has 1 amide bonds. The van der Waals surface area contributed by atoms with E-state index in [1.807, 2.05) is 37.3 Å². The van der Waals surface area contributed by atoms with Crippen molar-refractivity contribution in [1.29, 1.82) is 0 Å². The third-order valence-electron chi connectivity index (χ3n) is 3.70. The second-order valence-electron chi connectivity index (χ2n) is 5.70. The highest BCUT2D eigenvalue weighted by Gasteiger charge is 2.20. The largest absolute Gasteiger partial charge is 0.462 e. The third kappa shape index (κ3) is 4.99. The number of thiophene rings is 1. The van der Waals surface area contributed by atoms with Crippen LogP contribution in [-0.4, -0.2) is 39.4 Å². The molecule has 28 heavy (non-hydrogen) atoms. The molecule has 0 aliphatic heterocycles. The fraction of sp³-hybridized carbons (Fsp3) is 0.263. The van der Waals surface area contributed by atoms with Gasteiger partial charge < -0.3 is 10.1 Å². The highest BCUT2D eigenvalue weighted by molar-refractivity contribution is 7.99. The van der Waals surface area contributed by atoms with Crippen molar-refractivity contribution in [3.63, 3.8) is 0 Å². The van der Waals surface area contributed by atoms with Crippen molar-refractivity contribution in [3.8, 4) is 10.4 Å². The average Bonchev–Trinajstić information content (AvgIpc) is 3.34. The quantitative estimate of drug-likeness (QED) is 0.425. The number of hydrogen-bond acceptors (Lipinski definition) is 7. The first kappa shape index (κ1) is 20.1. The van der Waals surface area contributed by atoms with Gasteiger partial charge in [0.05, 0.1) is 18.0 Å². The molecule has 0 fully saturated rings. The topological polar surface area (TPSA) is 97.0 Å². The number of amides is 1. The second kappa shape index (κ2) is 9.52. The molecule has 7 nitrogen and oxygen atoms in total. The summed E-state index contributed by atoms with van der Waals surface area (Å²) < 4.78 is 5.13. The van der Waals surface area contributed by atoms with E-state index >= 15 is 0 Å². The van der Waals surface area contributed by atoms with E-state index in [1.54, 1.807) is 13.0 Å². The summed E-state index contributed by atoms with van der Waals surface area (Å²) in [5, 5.41) is 10.2. The number of thioether (sulfide) groups is 1. The van der Waals surface area contributed by atoms with E-state index in [2.05, 4.69) is 20.5 Å². The summed E-state index contributed by atoms with van der Waals surface area (Å²) in [6, 6.07) is 11.5. The normalized spacial score (nSPS) is 10.6. The smallest absolute Gasteiger partial charge is 0.350 e. The molecule has 0 radical (unpaired) electrons. The zero-order valence-electron chi connectivity index (χ0n) is 15.5. The van der Waals surface area contributed by atoms with Gasteiger partial charge in [0.2, 0.25) is 11.1 Å². The van der Waals surface area contributed by atoms with Gasteiger partial charge in [0.1, 0.15) is 10.7 Å². The van der Waals surface area contributed by atoms with E-state index in [4.69, 9.17) is 4.74 Å². The first-order valence-corrected chi connectivity index (χ1v) is 10.6. The summed E-state index contributed by atoms with van der Waals surface area (Å²) in [4.78, 5) is 30.2. The van der Waals surface area contributed by atoms with Crippen molar-refractivity contribution in [2.24, 2.45) is 0 Å². The molecule has 3 rings (SSSR count). The molecule has 2 N–H and O–H groups in total. The molecule has 0 saturated heterocycles. The van der Waals surface area contributed by atoms with Crippen molar-refractivity contribution >= 4 is 40.7 Å². The van der Waals surface area contributed by atoms with Gasteiger partial charge in [-0.15, -0.1) is 16.4 Å². The zero-order chi connectivity index (χ0) is 19.9. The average molecular weight is 417 g/mol. The van der Waals surface area contributed by atoms with Crippen LogP contribution in [0.4, 0.5) is 5.69 Å². The molecule has 9 heteroatoms. The minimum Gasteiger partial charge on any atom is -0.462 e. The lowest BCUT2D eigenvalue weighted by atomic mass is 10.2. The number of esters is 1. The van der Waals surface area contributed by atoms with Crippen LogP contribution in [0.25, 0.3) is 10.4 Å². The first-order chi connectivity index (χ1) is 13.6. The summed E-state index contributed by atoms with van der Waals surface area (Å²) in [6.07, 6.45) is 0.750. The molecular formula is C19H20N4O3S2. The van der Waals surface area contributed by atoms with E-state index in [0.717, 1.165) is 22.7 Å². The highest BCUT2D eigenvalue weighted by atomic mass is 32.2. The molecule has 0 bridgehead atoms. The van der Waals surface area contributed by atoms with E-state index < -0.39 is 5.97 Å². The van der Waals surface area contributed by atoms with Gasteiger partial charge >= 0.3 is 5.97 Å². The number of aryl methyl sites for hydroxylation is 1. The van der Waals surface area contributed by atoms with Gasteiger partial charge in [-0.05, 0) is 18.6 Å². The lowest BCUT2D eigenvalue weighted by Gasteiger charge is -2.05. The number of hydrogen-bond donors (Lipinski definition) is 2. The van der Waals surface area contributed by atoms with Crippen molar-refractivity contribution in [2.75, 3.05) is 17.7 Å². The highest BCUT2D eigenvalue weighted by Crippen LogP contribution is 2.35. The molecule has 146 valence electrons. The van der Waals surface area contributed by atoms with Gasteiger partial charge in [0.25, 0.3) is 0 Å². The number of nitrogens with one attached hydrogen (secondary N) is 2. The number of H-pyrrole nitrogens is 1. The van der Waals surface area contributed by atoms with E-state index in [-0.39, 0.29) is 18.3 Å². The number of nitrogens with zero attached hydrogens (tertiary/aromatic N) is 2. The predicted octanol–water partition coefficient (Wildman–Crippen LogP) is 4.00. The minimum atomic E-state index is -0.445. The van der Waals surface area contributed by atoms with E-state index in [9.17, 15) is 9.59 Å². The fourth-order valence-corrected chi connectivity index (χ4v) is 4.02. The van der Waals surface area contributed by atoms with E-state index in [0.29, 0.717) is 15.7 Å². The summed E-state index contributed by atoms with van der Waals surface area (Å²) >= 11 is 2.53. The van der Waals surface area contributed by atoms with Gasteiger partial charge in [-0.1, -0.05) is 49.0 Å². The second-order valence-corrected chi connectivity index (χ2v) is 7.69. The van der Waals surface area contributed by atoms with Gasteiger partial charge in [0.15, 0.2) is 0 Å². The van der Waals surface area contributed by atoms with Crippen LogP contribution >= 0.6 is 23.1 Å². The molecule has 2 heterocycles. The van der Waals surface area contributed by atoms with Crippen molar-refractivity contribution in [3.05, 3.63) is 47.1 Å². The zero-order valence-corrected chi connectivity index (χ0v) is 17.2. The summed E-state index contributed by atoms with van der Waals surface area (Å²) in [5.41, 5.74) is 1.43. The maximum absolute atomic E-state index is 12.4. The number of aromatic amines is 1. The van der Waals surface area contributed by atoms with Crippen molar-refractivity contribution in [2.45, 2.75) is 25.4 Å². The van der Waals surface area contributed by atoms with Crippen molar-refractivity contribution in [1.82, 2.24) is 15.2 Å². The molecule has 1 aromatic carbocycles. The molecule has 0 saturated carbocycles. The predicted molar refractivity (Wildman–Crippen MR) is 111 cm³/mol. The monoisotopic (exact) mass is 416 g/mol. The Bertz CT molecular complexity index is 953. The Kier molecular flexibility index (Phi) is 6.83. The standard InChI is InChI=1S/C19H20N4O3S2/c1-3-15-21-19(23-22-15)27-11-16(24)20-13-10-14(12-8-6-5-7-9-12)28-17(13)18(25)26-4-2/h5-10H,3-4,11H2,1-2H3,(H,20,24)(H,21,22,23). The first-order valence-electron chi connectivity index (χ1n) is 8.81. The van der Waals surface area contributed by atoms with Gasteiger partial charge in [-0.3, -0.25) is 9.89 Å². The Morgan fingerprint density at radius 2 is 2.04 bits per heavy atom. The summed E-state index contributed by atoms with van der Waals surface area (Å²) in [6.45, 7) is 3.99. The number of rotatable bonds is 8. The Balaban J connectivity index is 1.74. The number of carbonyl (C=O) groups is 2. The minimum absolute atomic E-state index is 0.139. The number of carbonyl (C=O) groups excluding carboxylic acids is 2. The molecule has 2 aromatic heterocycles. The van der Waals surface area contributed by atoms with Crippen LogP contribution in [0.1, 0.15) is 29.3 Å². The van der Waals surface area contributed by atoms with E-state index in [1.165, 1.54) is 23.1 Å². The third-order valence-corrected chi connectivity index (χ3v) is 5.72. The Morgan fingerprint density at radius 1 is 1.25 bits per heavy atom. The number of benzene rings is 1. The molecule has 0 aliphatic rings. The Hall–Kier alpha value is -2.65. The summed E-state index contributed by atoms with van der Waals surface area (Å²) in [5.74, 6) is 0.229. The fourth-order valence-electron chi connectivity index (χ4n) is 2.39. The molecule has 0 unspecified atom stereocenters. The van der Waals surface area contributed by atoms with Gasteiger partial charge in [-0.25, -0.2) is 9.78 Å². The Morgan fingerprint density at radius 3 is 2.71 bits per heavy atom. The lowest BCUT2D eigenvalue weighted by molar-refractivity contribution is -0.113. The van der Waals surface area contributed by atoms with Crippen LogP contribution in [0.2, 0.25) is 0 Å². The number of ether oxygens (including phenoxy) is 1. The van der Waals surface area contributed by atoms with Crippen LogP contribution in [-0.2, 0) is 16.0 Å². The SMILES string of the molecule is CCOC(=O)c1sc(-c2ccccc2)cc1NC(=O)CSc1n[nH]c(CC)n1. The van der Waals surface area contributed by atoms with Crippen LogP contribution in [0.15, 0.2) is 41.6 Å². The van der Waals surface area contributed by atoms with Crippen LogP contribution in [0.3, 0.4) is 0 Å². The number of aromatic nitrogens is 3. The van der Waals surface area contributed by atoms with Crippen LogP contribution in [0.5, 0.6) is 0 Å². The van der Waals surface area contributed by atoms with Crippen LogP contribution < -0.4 is 5.32 Å². The van der Waals surface area contributed by atoms with Gasteiger partial charge in [0, 0.05) is 11.3 Å². The Labute approximate surface area is 170 Å². The number of anilines is 1. The lowest BCUT2D eigenvalue weighted by Crippen LogP contribution is -2.16. The molecule has 0 atom stereocenters.